The maximum atomic E-state index is 12.9. The van der Waals surface area contributed by atoms with E-state index in [1.165, 1.54) is 0 Å². The molecule has 3 rings (SSSR count). The van der Waals surface area contributed by atoms with Gasteiger partial charge in [0.1, 0.15) is 5.75 Å². The van der Waals surface area contributed by atoms with E-state index in [2.05, 4.69) is 4.72 Å². The van der Waals surface area contributed by atoms with Crippen LogP contribution in [-0.4, -0.2) is 32.9 Å². The molecule has 1 N–H and O–H groups in total. The molecule has 1 fully saturated rings. The molecule has 0 atom stereocenters. The molecule has 1 saturated heterocycles. The third kappa shape index (κ3) is 5.02. The molecule has 0 aliphatic carbocycles. The fraction of sp³-hybridized carbons (Fsp3) is 0.435. The van der Waals surface area contributed by atoms with Crippen LogP contribution < -0.4 is 9.46 Å². The van der Waals surface area contributed by atoms with Crippen LogP contribution in [0.2, 0.25) is 0 Å². The molecule has 1 aliphatic rings. The number of sulfonamides is 1. The number of carbonyl (C=O) groups is 1. The number of methoxy groups -OCH3 is 1. The standard InChI is InChI=1S/C23H30N2O4S/c1-16(2)20-13-22(17(3)12-21(20)29-4)30(27,28)24-14-18-7-9-19(10-8-18)15-25-11-5-6-23(25)26/h7-10,12-13,16,24H,5-6,11,14-15H2,1-4H3. The van der Waals surface area contributed by atoms with Gasteiger partial charge in [0.05, 0.1) is 12.0 Å². The van der Waals surface area contributed by atoms with E-state index in [9.17, 15) is 13.2 Å². The van der Waals surface area contributed by atoms with Crippen molar-refractivity contribution in [3.05, 3.63) is 58.7 Å². The van der Waals surface area contributed by atoms with Crippen molar-refractivity contribution in [1.29, 1.82) is 0 Å². The second-order valence-electron chi connectivity index (χ2n) is 8.07. The second-order valence-corrected chi connectivity index (χ2v) is 9.81. The number of likely N-dealkylation sites (tertiary alicyclic amines) is 1. The average molecular weight is 431 g/mol. The number of carbonyl (C=O) groups excluding carboxylic acids is 1. The first-order valence-electron chi connectivity index (χ1n) is 10.2. The molecule has 0 saturated carbocycles. The minimum absolute atomic E-state index is 0.143. The molecular weight excluding hydrogens is 400 g/mol. The maximum absolute atomic E-state index is 12.9. The summed E-state index contributed by atoms with van der Waals surface area (Å²) in [5.74, 6) is 1.04. The van der Waals surface area contributed by atoms with E-state index in [-0.39, 0.29) is 23.3 Å². The minimum Gasteiger partial charge on any atom is -0.496 e. The van der Waals surface area contributed by atoms with Gasteiger partial charge in [-0.05, 0) is 53.6 Å². The molecule has 0 bridgehead atoms. The normalized spacial score (nSPS) is 14.6. The summed E-state index contributed by atoms with van der Waals surface area (Å²) in [6, 6.07) is 11.2. The molecule has 0 aromatic heterocycles. The Kier molecular flexibility index (Phi) is 6.83. The summed E-state index contributed by atoms with van der Waals surface area (Å²) in [5.41, 5.74) is 3.42. The minimum atomic E-state index is -3.66. The molecule has 0 radical (unpaired) electrons. The number of rotatable bonds is 8. The molecule has 162 valence electrons. The van der Waals surface area contributed by atoms with Gasteiger partial charge >= 0.3 is 0 Å². The Morgan fingerprint density at radius 1 is 1.13 bits per heavy atom. The van der Waals surface area contributed by atoms with Crippen molar-refractivity contribution in [1.82, 2.24) is 9.62 Å². The topological polar surface area (TPSA) is 75.7 Å². The summed E-state index contributed by atoms with van der Waals surface area (Å²) in [4.78, 5) is 13.9. The third-order valence-electron chi connectivity index (χ3n) is 5.47. The number of nitrogens with zero attached hydrogens (tertiary/aromatic N) is 1. The number of aryl methyl sites for hydroxylation is 1. The van der Waals surface area contributed by atoms with Crippen LogP contribution in [-0.2, 0) is 27.9 Å². The summed E-state index contributed by atoms with van der Waals surface area (Å²) < 4.78 is 34.0. The molecule has 30 heavy (non-hydrogen) atoms. The molecule has 0 spiro atoms. The van der Waals surface area contributed by atoms with Gasteiger partial charge in [-0.3, -0.25) is 4.79 Å². The third-order valence-corrected chi connectivity index (χ3v) is 7.02. The highest BCUT2D eigenvalue weighted by Crippen LogP contribution is 2.31. The predicted octanol–water partition coefficient (Wildman–Crippen LogP) is 3.73. The van der Waals surface area contributed by atoms with E-state index in [4.69, 9.17) is 4.74 Å². The number of hydrogen-bond donors (Lipinski definition) is 1. The van der Waals surface area contributed by atoms with Crippen LogP contribution in [0.3, 0.4) is 0 Å². The zero-order valence-corrected chi connectivity index (χ0v) is 18.9. The van der Waals surface area contributed by atoms with Gasteiger partial charge in [-0.15, -0.1) is 0 Å². The van der Waals surface area contributed by atoms with Crippen LogP contribution in [0.4, 0.5) is 0 Å². The molecule has 0 unspecified atom stereocenters. The highest BCUT2D eigenvalue weighted by molar-refractivity contribution is 7.89. The highest BCUT2D eigenvalue weighted by Gasteiger charge is 2.21. The van der Waals surface area contributed by atoms with Crippen molar-refractivity contribution in [2.45, 2.75) is 57.5 Å². The van der Waals surface area contributed by atoms with Gasteiger partial charge in [-0.25, -0.2) is 13.1 Å². The lowest BCUT2D eigenvalue weighted by Crippen LogP contribution is -2.25. The first kappa shape index (κ1) is 22.3. The van der Waals surface area contributed by atoms with Gasteiger partial charge in [0.25, 0.3) is 0 Å². The van der Waals surface area contributed by atoms with Gasteiger partial charge < -0.3 is 9.64 Å². The molecule has 7 heteroatoms. The lowest BCUT2D eigenvalue weighted by molar-refractivity contribution is -0.128. The van der Waals surface area contributed by atoms with E-state index in [0.717, 1.165) is 29.7 Å². The number of hydrogen-bond acceptors (Lipinski definition) is 4. The van der Waals surface area contributed by atoms with Crippen LogP contribution in [0, 0.1) is 6.92 Å². The SMILES string of the molecule is COc1cc(C)c(S(=O)(=O)NCc2ccc(CN3CCCC3=O)cc2)cc1C(C)C. The monoisotopic (exact) mass is 430 g/mol. The van der Waals surface area contributed by atoms with E-state index >= 15 is 0 Å². The fourth-order valence-corrected chi connectivity index (χ4v) is 4.98. The van der Waals surface area contributed by atoms with Crippen molar-refractivity contribution >= 4 is 15.9 Å². The van der Waals surface area contributed by atoms with Crippen LogP contribution in [0.5, 0.6) is 5.75 Å². The first-order chi connectivity index (χ1) is 14.2. The Morgan fingerprint density at radius 3 is 2.37 bits per heavy atom. The van der Waals surface area contributed by atoms with Crippen LogP contribution in [0.15, 0.2) is 41.3 Å². The largest absolute Gasteiger partial charge is 0.496 e. The fourth-order valence-electron chi connectivity index (χ4n) is 3.70. The lowest BCUT2D eigenvalue weighted by Gasteiger charge is -2.17. The van der Waals surface area contributed by atoms with Gasteiger partial charge in [0.15, 0.2) is 0 Å². The Bertz CT molecular complexity index is 1010. The highest BCUT2D eigenvalue weighted by atomic mass is 32.2. The van der Waals surface area contributed by atoms with Gasteiger partial charge in [0.2, 0.25) is 15.9 Å². The molecule has 1 aliphatic heterocycles. The zero-order chi connectivity index (χ0) is 21.9. The van der Waals surface area contributed by atoms with Crippen molar-refractivity contribution in [3.63, 3.8) is 0 Å². The smallest absolute Gasteiger partial charge is 0.241 e. The summed E-state index contributed by atoms with van der Waals surface area (Å²) in [7, 11) is -2.07. The Labute approximate surface area is 179 Å². The van der Waals surface area contributed by atoms with E-state index in [0.29, 0.717) is 24.3 Å². The molecule has 2 aromatic rings. The molecule has 1 heterocycles. The number of nitrogens with one attached hydrogen (secondary N) is 1. The van der Waals surface area contributed by atoms with Gasteiger partial charge in [0, 0.05) is 26.1 Å². The number of ether oxygens (including phenoxy) is 1. The number of benzene rings is 2. The van der Waals surface area contributed by atoms with E-state index < -0.39 is 10.0 Å². The molecule has 6 nitrogen and oxygen atoms in total. The van der Waals surface area contributed by atoms with Crippen LogP contribution in [0.1, 0.15) is 54.9 Å². The van der Waals surface area contributed by atoms with Crippen molar-refractivity contribution in [2.75, 3.05) is 13.7 Å². The van der Waals surface area contributed by atoms with Crippen molar-refractivity contribution in [2.24, 2.45) is 0 Å². The zero-order valence-electron chi connectivity index (χ0n) is 18.1. The Balaban J connectivity index is 1.70. The van der Waals surface area contributed by atoms with E-state index in [1.807, 2.05) is 43.0 Å². The van der Waals surface area contributed by atoms with Crippen LogP contribution in [0.25, 0.3) is 0 Å². The maximum Gasteiger partial charge on any atom is 0.241 e. The number of amides is 1. The summed E-state index contributed by atoms with van der Waals surface area (Å²) in [6.07, 6.45) is 1.55. The van der Waals surface area contributed by atoms with E-state index in [1.54, 1.807) is 26.2 Å². The molecule has 1 amide bonds. The summed E-state index contributed by atoms with van der Waals surface area (Å²) in [6.45, 7) is 7.40. The van der Waals surface area contributed by atoms with Gasteiger partial charge in [-0.2, -0.15) is 0 Å². The molecule has 2 aromatic carbocycles. The predicted molar refractivity (Wildman–Crippen MR) is 117 cm³/mol. The van der Waals surface area contributed by atoms with Crippen molar-refractivity contribution < 1.29 is 17.9 Å². The Hall–Kier alpha value is -2.38. The lowest BCUT2D eigenvalue weighted by atomic mass is 10.0. The summed E-state index contributed by atoms with van der Waals surface area (Å²) in [5, 5.41) is 0. The summed E-state index contributed by atoms with van der Waals surface area (Å²) >= 11 is 0. The molecular formula is C23H30N2O4S. The first-order valence-corrected chi connectivity index (χ1v) is 11.7. The quantitative estimate of drug-likeness (QED) is 0.692. The average Bonchev–Trinajstić information content (AvgIpc) is 3.11. The van der Waals surface area contributed by atoms with Crippen molar-refractivity contribution in [3.8, 4) is 5.75 Å². The van der Waals surface area contributed by atoms with Crippen LogP contribution >= 0.6 is 0 Å². The van der Waals surface area contributed by atoms with Gasteiger partial charge in [-0.1, -0.05) is 38.1 Å². The second kappa shape index (κ2) is 9.18. The Morgan fingerprint density at radius 2 is 1.80 bits per heavy atom.